The standard InChI is InChI=1S/C17H23N3O2S.ClH/c1-20(2)16-7-3-15(4-8-16)13-19-12-11-14-5-9-17(10-6-14)23(18,21)22;/h3-10,19H,11-13H2,1-2H3,(H2,18,21,22);1H/p-1. The molecule has 0 aliphatic carbocycles. The molecule has 0 aromatic heterocycles. The van der Waals surface area contributed by atoms with Crippen LogP contribution >= 0.6 is 0 Å². The number of rotatable bonds is 7. The lowest BCUT2D eigenvalue weighted by Gasteiger charge is -2.13. The molecular formula is C17H23ClN3O2S-. The summed E-state index contributed by atoms with van der Waals surface area (Å²) in [6, 6.07) is 15.1. The molecule has 2 aromatic rings. The summed E-state index contributed by atoms with van der Waals surface area (Å²) in [6.07, 6.45) is 0.834. The fourth-order valence-electron chi connectivity index (χ4n) is 2.22. The highest BCUT2D eigenvalue weighted by atomic mass is 35.5. The molecule has 0 fully saturated rings. The van der Waals surface area contributed by atoms with Gasteiger partial charge in [0.2, 0.25) is 10.0 Å². The Hall–Kier alpha value is -1.60. The highest BCUT2D eigenvalue weighted by Crippen LogP contribution is 2.12. The average Bonchev–Trinajstić information content (AvgIpc) is 2.51. The minimum atomic E-state index is -3.61. The Morgan fingerprint density at radius 2 is 1.50 bits per heavy atom. The van der Waals surface area contributed by atoms with Gasteiger partial charge in [-0.15, -0.1) is 0 Å². The first-order valence-electron chi connectivity index (χ1n) is 7.45. The first-order valence-corrected chi connectivity index (χ1v) is 8.99. The number of halogens is 1. The van der Waals surface area contributed by atoms with Crippen molar-refractivity contribution in [1.82, 2.24) is 5.32 Å². The second-order valence-corrected chi connectivity index (χ2v) is 7.24. The molecule has 24 heavy (non-hydrogen) atoms. The van der Waals surface area contributed by atoms with Crippen LogP contribution in [0.4, 0.5) is 5.69 Å². The van der Waals surface area contributed by atoms with E-state index in [1.54, 1.807) is 24.3 Å². The molecule has 2 rings (SSSR count). The van der Waals surface area contributed by atoms with Gasteiger partial charge in [0.05, 0.1) is 4.90 Å². The van der Waals surface area contributed by atoms with Gasteiger partial charge in [-0.2, -0.15) is 0 Å². The van der Waals surface area contributed by atoms with Gasteiger partial charge in [-0.1, -0.05) is 24.3 Å². The second kappa shape index (κ2) is 9.03. The Bertz CT molecular complexity index is 729. The summed E-state index contributed by atoms with van der Waals surface area (Å²) in [5.74, 6) is 0. The second-order valence-electron chi connectivity index (χ2n) is 5.68. The number of anilines is 1. The molecule has 0 saturated carbocycles. The Balaban J connectivity index is 0.00000288. The summed E-state index contributed by atoms with van der Waals surface area (Å²) in [7, 11) is 0.435. The van der Waals surface area contributed by atoms with E-state index < -0.39 is 10.0 Å². The monoisotopic (exact) mass is 368 g/mol. The molecule has 5 nitrogen and oxygen atoms in total. The van der Waals surface area contributed by atoms with Gasteiger partial charge in [-0.3, -0.25) is 0 Å². The zero-order chi connectivity index (χ0) is 16.9. The highest BCUT2D eigenvalue weighted by Gasteiger charge is 2.06. The van der Waals surface area contributed by atoms with Gasteiger partial charge < -0.3 is 22.6 Å². The largest absolute Gasteiger partial charge is 1.00 e. The van der Waals surface area contributed by atoms with Crippen molar-refractivity contribution in [3.05, 3.63) is 59.7 Å². The van der Waals surface area contributed by atoms with Crippen molar-refractivity contribution in [3.63, 3.8) is 0 Å². The molecule has 132 valence electrons. The van der Waals surface area contributed by atoms with E-state index in [1.165, 1.54) is 11.3 Å². The van der Waals surface area contributed by atoms with Crippen LogP contribution in [0.5, 0.6) is 0 Å². The maximum absolute atomic E-state index is 11.2. The number of hydrogen-bond acceptors (Lipinski definition) is 4. The normalized spacial score (nSPS) is 11.0. The van der Waals surface area contributed by atoms with E-state index in [0.29, 0.717) is 0 Å². The van der Waals surface area contributed by atoms with Gasteiger partial charge in [-0.05, 0) is 48.4 Å². The number of benzene rings is 2. The summed E-state index contributed by atoms with van der Waals surface area (Å²) in [5, 5.41) is 8.47. The number of sulfonamides is 1. The van der Waals surface area contributed by atoms with E-state index in [4.69, 9.17) is 5.14 Å². The highest BCUT2D eigenvalue weighted by molar-refractivity contribution is 7.89. The molecule has 7 heteroatoms. The first-order chi connectivity index (χ1) is 10.9. The predicted octanol–water partition coefficient (Wildman–Crippen LogP) is -1.26. The van der Waals surface area contributed by atoms with Crippen LogP contribution in [-0.2, 0) is 23.0 Å². The SMILES string of the molecule is CN(C)c1ccc(CNCCc2ccc(S(N)(=O)=O)cc2)cc1.[Cl-]. The summed E-state index contributed by atoms with van der Waals surface area (Å²) in [5.41, 5.74) is 3.50. The van der Waals surface area contributed by atoms with Gasteiger partial charge in [0.15, 0.2) is 0 Å². The third-order valence-corrected chi connectivity index (χ3v) is 4.55. The lowest BCUT2D eigenvalue weighted by Crippen LogP contribution is -3.00. The van der Waals surface area contributed by atoms with Crippen LogP contribution in [0.3, 0.4) is 0 Å². The van der Waals surface area contributed by atoms with Crippen LogP contribution < -0.4 is 27.8 Å². The number of hydrogen-bond donors (Lipinski definition) is 2. The van der Waals surface area contributed by atoms with Crippen LogP contribution in [-0.4, -0.2) is 29.1 Å². The average molecular weight is 369 g/mol. The van der Waals surface area contributed by atoms with Crippen LogP contribution in [0.15, 0.2) is 53.4 Å². The van der Waals surface area contributed by atoms with E-state index >= 15 is 0 Å². The summed E-state index contributed by atoms with van der Waals surface area (Å²) in [6.45, 7) is 1.63. The molecule has 0 atom stereocenters. The molecule has 0 amide bonds. The number of primary sulfonamides is 1. The zero-order valence-corrected chi connectivity index (χ0v) is 15.4. The third-order valence-electron chi connectivity index (χ3n) is 3.62. The van der Waals surface area contributed by atoms with Crippen LogP contribution in [0.1, 0.15) is 11.1 Å². The predicted molar refractivity (Wildman–Crippen MR) is 94.0 cm³/mol. The van der Waals surface area contributed by atoms with E-state index in [9.17, 15) is 8.42 Å². The summed E-state index contributed by atoms with van der Waals surface area (Å²) >= 11 is 0. The maximum Gasteiger partial charge on any atom is 0.238 e. The summed E-state index contributed by atoms with van der Waals surface area (Å²) in [4.78, 5) is 2.22. The van der Waals surface area contributed by atoms with Gasteiger partial charge in [-0.25, -0.2) is 13.6 Å². The number of nitrogens with one attached hydrogen (secondary N) is 1. The Kier molecular flexibility index (Phi) is 7.69. The minimum absolute atomic E-state index is 0. The van der Waals surface area contributed by atoms with Crippen molar-refractivity contribution in [1.29, 1.82) is 0 Å². The van der Waals surface area contributed by atoms with Crippen LogP contribution in [0.25, 0.3) is 0 Å². The van der Waals surface area contributed by atoms with E-state index in [2.05, 4.69) is 34.5 Å². The van der Waals surface area contributed by atoms with Gasteiger partial charge in [0.25, 0.3) is 0 Å². The molecule has 0 aliphatic rings. The maximum atomic E-state index is 11.2. The number of nitrogens with two attached hydrogens (primary N) is 1. The van der Waals surface area contributed by atoms with Gasteiger partial charge in [0, 0.05) is 26.3 Å². The van der Waals surface area contributed by atoms with E-state index in [0.717, 1.165) is 25.1 Å². The van der Waals surface area contributed by atoms with Gasteiger partial charge >= 0.3 is 0 Å². The van der Waals surface area contributed by atoms with Gasteiger partial charge in [0.1, 0.15) is 0 Å². The zero-order valence-electron chi connectivity index (χ0n) is 13.9. The van der Waals surface area contributed by atoms with Crippen molar-refractivity contribution < 1.29 is 20.8 Å². The van der Waals surface area contributed by atoms with Crippen molar-refractivity contribution in [2.24, 2.45) is 5.14 Å². The molecule has 3 N–H and O–H groups in total. The summed E-state index contributed by atoms with van der Waals surface area (Å²) < 4.78 is 22.4. The molecule has 0 aliphatic heterocycles. The van der Waals surface area contributed by atoms with E-state index in [1.807, 2.05) is 14.1 Å². The number of nitrogens with zero attached hydrogens (tertiary/aromatic N) is 1. The molecule has 0 spiro atoms. The minimum Gasteiger partial charge on any atom is -1.00 e. The van der Waals surface area contributed by atoms with Crippen molar-refractivity contribution in [2.75, 3.05) is 25.5 Å². The third kappa shape index (κ3) is 6.13. The Morgan fingerprint density at radius 1 is 0.958 bits per heavy atom. The Morgan fingerprint density at radius 3 is 2.00 bits per heavy atom. The lowest BCUT2D eigenvalue weighted by molar-refractivity contribution is -0.00000743. The lowest BCUT2D eigenvalue weighted by atomic mass is 10.1. The fraction of sp³-hybridized carbons (Fsp3) is 0.294. The van der Waals surface area contributed by atoms with Crippen LogP contribution in [0, 0.1) is 0 Å². The quantitative estimate of drug-likeness (QED) is 0.598. The smallest absolute Gasteiger partial charge is 0.238 e. The van der Waals surface area contributed by atoms with Crippen molar-refractivity contribution >= 4 is 15.7 Å². The molecule has 0 heterocycles. The topological polar surface area (TPSA) is 75.4 Å². The molecule has 0 bridgehead atoms. The molecular weight excluding hydrogens is 346 g/mol. The van der Waals surface area contributed by atoms with Crippen LogP contribution in [0.2, 0.25) is 0 Å². The molecule has 0 unspecified atom stereocenters. The molecule has 0 radical (unpaired) electrons. The molecule has 2 aromatic carbocycles. The molecule has 0 saturated heterocycles. The fourth-order valence-corrected chi connectivity index (χ4v) is 2.74. The van der Waals surface area contributed by atoms with E-state index in [-0.39, 0.29) is 17.3 Å². The first kappa shape index (κ1) is 20.4. The van der Waals surface area contributed by atoms with Crippen molar-refractivity contribution in [2.45, 2.75) is 17.9 Å². The Labute approximate surface area is 150 Å². The van der Waals surface area contributed by atoms with Crippen molar-refractivity contribution in [3.8, 4) is 0 Å².